The Morgan fingerprint density at radius 3 is 1.93 bits per heavy atom. The highest BCUT2D eigenvalue weighted by Gasteiger charge is 2.05. The van der Waals surface area contributed by atoms with Crippen LogP contribution in [0.5, 0.6) is 5.75 Å². The first-order chi connectivity index (χ1) is 17.0. The molecule has 0 aliphatic carbocycles. The summed E-state index contributed by atoms with van der Waals surface area (Å²) in [6.07, 6.45) is 0. The Morgan fingerprint density at radius 1 is 0.630 bits per heavy atom. The molecule has 0 aliphatic rings. The number of phenolic OH excluding ortho intramolecular Hbond substituents is 1. The number of benzene rings is 4. The number of fused-ring (bicyclic) bond motifs is 1. The molecule has 5 heteroatoms. The first-order valence-corrected chi connectivity index (χ1v) is 7.76. The number of nitrogens with zero attached hydrogens (tertiary/aromatic N) is 4. The van der Waals surface area contributed by atoms with Gasteiger partial charge in [-0.05, 0) is 47.7 Å². The molecule has 4 aromatic carbocycles. The van der Waals surface area contributed by atoms with E-state index in [0.29, 0.717) is 5.39 Å². The maximum absolute atomic E-state index is 10.2. The van der Waals surface area contributed by atoms with Gasteiger partial charge in [0.15, 0.2) is 0 Å². The van der Waals surface area contributed by atoms with Crippen molar-refractivity contribution < 1.29 is 17.4 Å². The number of azo groups is 2. The van der Waals surface area contributed by atoms with Gasteiger partial charge in [-0.3, -0.25) is 0 Å². The quantitative estimate of drug-likeness (QED) is 0.378. The molecule has 4 rings (SSSR count). The van der Waals surface area contributed by atoms with Crippen LogP contribution in [0, 0.1) is 0 Å². The molecule has 5 nitrogen and oxygen atoms in total. The van der Waals surface area contributed by atoms with Gasteiger partial charge in [-0.1, -0.05) is 48.5 Å². The molecule has 0 spiro atoms. The van der Waals surface area contributed by atoms with Gasteiger partial charge in [-0.15, -0.1) is 5.11 Å². The largest absolute Gasteiger partial charge is 0.506 e. The van der Waals surface area contributed by atoms with Gasteiger partial charge in [-0.25, -0.2) is 0 Å². The number of rotatable bonds is 4. The van der Waals surface area contributed by atoms with Crippen molar-refractivity contribution in [3.8, 4) is 5.75 Å². The lowest BCUT2D eigenvalue weighted by atomic mass is 10.1. The summed E-state index contributed by atoms with van der Waals surface area (Å²) in [5.74, 6) is -0.184. The van der Waals surface area contributed by atoms with Gasteiger partial charge in [0.25, 0.3) is 0 Å². The second-order valence-electron chi connectivity index (χ2n) is 5.23. The highest BCUT2D eigenvalue weighted by molar-refractivity contribution is 5.95. The molecule has 0 unspecified atom stereocenters. The molecule has 0 atom stereocenters. The van der Waals surface area contributed by atoms with Gasteiger partial charge < -0.3 is 5.11 Å². The number of hydrogen-bond donors (Lipinski definition) is 1. The van der Waals surface area contributed by atoms with Crippen LogP contribution in [0.25, 0.3) is 10.8 Å². The zero-order valence-electron chi connectivity index (χ0n) is 22.7. The molecule has 0 fully saturated rings. The Kier molecular flexibility index (Phi) is 2.58. The van der Waals surface area contributed by atoms with Crippen LogP contribution in [-0.4, -0.2) is 5.11 Å². The Labute approximate surface area is 169 Å². The molecule has 0 aromatic heterocycles. The molecule has 27 heavy (non-hydrogen) atoms. The molecule has 0 heterocycles. The minimum Gasteiger partial charge on any atom is -0.506 e. The van der Waals surface area contributed by atoms with Crippen LogP contribution < -0.4 is 0 Å². The van der Waals surface area contributed by atoms with E-state index in [9.17, 15) is 5.11 Å². The molecule has 0 bridgehead atoms. The standard InChI is InChI=1S/C22H16N4O/c27-21-15-10-16-6-4-5-9-20(16)22(21)26-25-19-13-11-18(12-14-19)24-23-17-7-2-1-3-8-17/h1-15,27H/i1D,2D,3D,7D,8D,11D,12D,13D,14D. The summed E-state index contributed by atoms with van der Waals surface area (Å²) in [5, 5.41) is 26.8. The van der Waals surface area contributed by atoms with Crippen LogP contribution in [-0.2, 0) is 0 Å². The Hall–Kier alpha value is -3.86. The van der Waals surface area contributed by atoms with Gasteiger partial charge in [0.05, 0.1) is 29.4 Å². The third-order valence-electron chi connectivity index (χ3n) is 3.46. The zero-order valence-corrected chi connectivity index (χ0v) is 13.7. The van der Waals surface area contributed by atoms with Gasteiger partial charge in [0.1, 0.15) is 11.4 Å². The van der Waals surface area contributed by atoms with Crippen LogP contribution in [0.15, 0.2) is 111 Å². The third-order valence-corrected chi connectivity index (χ3v) is 3.46. The van der Waals surface area contributed by atoms with Crippen LogP contribution >= 0.6 is 0 Å². The fraction of sp³-hybridized carbons (Fsp3) is 0. The van der Waals surface area contributed by atoms with Crippen LogP contribution in [0.3, 0.4) is 0 Å². The average molecular weight is 361 g/mol. The van der Waals surface area contributed by atoms with E-state index in [2.05, 4.69) is 20.5 Å². The molecule has 0 aliphatic heterocycles. The fourth-order valence-electron chi connectivity index (χ4n) is 2.24. The molecule has 130 valence electrons. The highest BCUT2D eigenvalue weighted by Crippen LogP contribution is 2.36. The molecule has 0 saturated carbocycles. The van der Waals surface area contributed by atoms with Gasteiger partial charge in [0.2, 0.25) is 0 Å². The number of hydrogen-bond acceptors (Lipinski definition) is 5. The Morgan fingerprint density at radius 2 is 1.22 bits per heavy atom. The SMILES string of the molecule is [2H]c1c([2H])c([2H])c(N=Nc2c([2H])c([2H])c(N=Nc3c(O)ccc4ccccc34)c([2H])c2[2H])c([2H])c1[2H]. The maximum Gasteiger partial charge on any atom is 0.143 e. The van der Waals surface area contributed by atoms with Crippen molar-refractivity contribution in [2.24, 2.45) is 20.5 Å². The summed E-state index contributed by atoms with van der Waals surface area (Å²) < 4.78 is 71.8. The van der Waals surface area contributed by atoms with E-state index in [1.165, 1.54) is 6.07 Å². The van der Waals surface area contributed by atoms with Crippen molar-refractivity contribution in [2.75, 3.05) is 0 Å². The predicted octanol–water partition coefficient (Wildman–Crippen LogP) is 7.38. The first kappa shape index (κ1) is 9.19. The molecular formula is C22H16N4O. The van der Waals surface area contributed by atoms with E-state index in [4.69, 9.17) is 12.3 Å². The Balaban J connectivity index is 1.80. The summed E-state index contributed by atoms with van der Waals surface area (Å²) in [5.41, 5.74) is -1.33. The number of aromatic hydroxyl groups is 1. The van der Waals surface area contributed by atoms with Crippen LogP contribution in [0.4, 0.5) is 22.7 Å². The topological polar surface area (TPSA) is 69.7 Å². The van der Waals surface area contributed by atoms with E-state index >= 15 is 0 Å². The second kappa shape index (κ2) is 7.58. The van der Waals surface area contributed by atoms with E-state index in [1.54, 1.807) is 30.3 Å². The van der Waals surface area contributed by atoms with Crippen molar-refractivity contribution in [3.63, 3.8) is 0 Å². The lowest BCUT2D eigenvalue weighted by Crippen LogP contribution is -1.74. The van der Waals surface area contributed by atoms with Crippen LogP contribution in [0.1, 0.15) is 12.3 Å². The molecule has 0 radical (unpaired) electrons. The van der Waals surface area contributed by atoms with Crippen molar-refractivity contribution in [2.45, 2.75) is 0 Å². The normalized spacial score (nSPS) is 16.2. The molecular weight excluding hydrogens is 336 g/mol. The lowest BCUT2D eigenvalue weighted by Gasteiger charge is -2.03. The zero-order chi connectivity index (χ0) is 26.3. The smallest absolute Gasteiger partial charge is 0.143 e. The van der Waals surface area contributed by atoms with Crippen LogP contribution in [0.2, 0.25) is 0 Å². The van der Waals surface area contributed by atoms with Crippen molar-refractivity contribution >= 4 is 33.5 Å². The molecule has 1 N–H and O–H groups in total. The second-order valence-corrected chi connectivity index (χ2v) is 5.23. The predicted molar refractivity (Wildman–Crippen MR) is 107 cm³/mol. The first-order valence-electron chi connectivity index (χ1n) is 12.3. The van der Waals surface area contributed by atoms with E-state index in [0.717, 1.165) is 5.39 Å². The number of phenols is 1. The van der Waals surface area contributed by atoms with Gasteiger partial charge in [0, 0.05) is 5.39 Å². The fourth-order valence-corrected chi connectivity index (χ4v) is 2.24. The lowest BCUT2D eigenvalue weighted by molar-refractivity contribution is 0.477. The summed E-state index contributed by atoms with van der Waals surface area (Å²) >= 11 is 0. The summed E-state index contributed by atoms with van der Waals surface area (Å²) in [4.78, 5) is 0. The monoisotopic (exact) mass is 361 g/mol. The van der Waals surface area contributed by atoms with Crippen molar-refractivity contribution in [1.29, 1.82) is 0 Å². The highest BCUT2D eigenvalue weighted by atomic mass is 16.3. The molecule has 0 amide bonds. The van der Waals surface area contributed by atoms with E-state index in [-0.39, 0.29) is 11.4 Å². The molecule has 0 saturated heterocycles. The van der Waals surface area contributed by atoms with E-state index < -0.39 is 71.4 Å². The average Bonchev–Trinajstić information content (AvgIpc) is 2.87. The third kappa shape index (κ3) is 3.88. The van der Waals surface area contributed by atoms with E-state index in [1.807, 2.05) is 0 Å². The van der Waals surface area contributed by atoms with Gasteiger partial charge >= 0.3 is 0 Å². The summed E-state index contributed by atoms with van der Waals surface area (Å²) in [6, 6.07) is 4.64. The van der Waals surface area contributed by atoms with Crippen molar-refractivity contribution in [3.05, 3.63) is 90.8 Å². The summed E-state index contributed by atoms with van der Waals surface area (Å²) in [6.45, 7) is 0. The van der Waals surface area contributed by atoms with Crippen molar-refractivity contribution in [1.82, 2.24) is 0 Å². The molecule has 4 aromatic rings. The minimum absolute atomic E-state index is 0.0925. The maximum atomic E-state index is 10.2. The van der Waals surface area contributed by atoms with Gasteiger partial charge in [-0.2, -0.15) is 15.3 Å². The Bertz CT molecular complexity index is 1550. The summed E-state index contributed by atoms with van der Waals surface area (Å²) in [7, 11) is 0. The minimum atomic E-state index is -0.628.